The summed E-state index contributed by atoms with van der Waals surface area (Å²) in [5, 5.41) is 11.3. The minimum atomic E-state index is -0.498. The number of halogens is 2. The Kier molecular flexibility index (Phi) is 8.14. The van der Waals surface area contributed by atoms with Crippen molar-refractivity contribution < 1.29 is 14.0 Å². The number of fused-ring (bicyclic) bond motifs is 1. The van der Waals surface area contributed by atoms with Crippen molar-refractivity contribution in [2.24, 2.45) is 0 Å². The average Bonchev–Trinajstić information content (AvgIpc) is 3.52. The molecule has 3 aromatic heterocycles. The van der Waals surface area contributed by atoms with E-state index in [2.05, 4.69) is 46.1 Å². The fourth-order valence-electron chi connectivity index (χ4n) is 4.50. The Morgan fingerprint density at radius 2 is 1.90 bits per heavy atom. The lowest BCUT2D eigenvalue weighted by atomic mass is 9.87. The van der Waals surface area contributed by atoms with E-state index in [0.29, 0.717) is 34.6 Å². The van der Waals surface area contributed by atoms with Gasteiger partial charge in [0.15, 0.2) is 11.9 Å². The number of aryl methyl sites for hydroxylation is 1. The summed E-state index contributed by atoms with van der Waals surface area (Å²) in [5.74, 6) is -0.474. The van der Waals surface area contributed by atoms with Crippen LogP contribution in [-0.2, 0) is 5.41 Å². The Morgan fingerprint density at radius 3 is 2.48 bits per heavy atom. The Hall–Kier alpha value is -3.63. The molecule has 0 radical (unpaired) electrons. The molecule has 1 aliphatic rings. The highest BCUT2D eigenvalue weighted by Gasteiger charge is 2.34. The normalized spacial score (nSPS) is 15.6. The van der Waals surface area contributed by atoms with Crippen molar-refractivity contribution in [1.29, 1.82) is 0 Å². The quantitative estimate of drug-likeness (QED) is 0.342. The highest BCUT2D eigenvalue weighted by atomic mass is 35.5. The van der Waals surface area contributed by atoms with Crippen LogP contribution in [0.3, 0.4) is 0 Å². The predicted molar refractivity (Wildman–Crippen MR) is 153 cm³/mol. The summed E-state index contributed by atoms with van der Waals surface area (Å²) in [6, 6.07) is 8.23. The molecular formula is C29H35ClFN7O2. The van der Waals surface area contributed by atoms with Gasteiger partial charge in [-0.05, 0) is 57.5 Å². The van der Waals surface area contributed by atoms with Crippen LogP contribution in [0.1, 0.15) is 66.9 Å². The van der Waals surface area contributed by atoms with Crippen molar-refractivity contribution in [2.45, 2.75) is 52.5 Å². The van der Waals surface area contributed by atoms with Gasteiger partial charge in [0.25, 0.3) is 5.91 Å². The van der Waals surface area contributed by atoms with Crippen molar-refractivity contribution in [2.75, 3.05) is 26.7 Å². The monoisotopic (exact) mass is 567 g/mol. The second-order valence-electron chi connectivity index (χ2n) is 11.8. The van der Waals surface area contributed by atoms with Gasteiger partial charge in [0.1, 0.15) is 17.2 Å². The minimum absolute atomic E-state index is 0.0236. The van der Waals surface area contributed by atoms with E-state index in [1.165, 1.54) is 12.1 Å². The van der Waals surface area contributed by atoms with Crippen LogP contribution in [0, 0.1) is 12.7 Å². The SMILES string of the molecule is CC(C)(C)c1cc(-c2ccc(Cl)c(F)c2)nn2cc(C=O)nc12.Cc1cc(C(=O)N2CCN(C)C(C)(C)C2)n[nH]1. The molecular weight excluding hydrogens is 533 g/mol. The number of likely N-dealkylation sites (N-methyl/N-ethyl adjacent to an activating group) is 1. The van der Waals surface area contributed by atoms with Gasteiger partial charge in [-0.1, -0.05) is 38.4 Å². The third-order valence-corrected chi connectivity index (χ3v) is 7.42. The highest BCUT2D eigenvalue weighted by molar-refractivity contribution is 6.30. The van der Waals surface area contributed by atoms with E-state index in [1.54, 1.807) is 22.8 Å². The van der Waals surface area contributed by atoms with Crippen LogP contribution in [0.25, 0.3) is 16.9 Å². The summed E-state index contributed by atoms with van der Waals surface area (Å²) < 4.78 is 15.3. The van der Waals surface area contributed by atoms with Crippen molar-refractivity contribution >= 4 is 29.4 Å². The van der Waals surface area contributed by atoms with Crippen LogP contribution in [0.4, 0.5) is 4.39 Å². The van der Waals surface area contributed by atoms with Crippen molar-refractivity contribution in [3.8, 4) is 11.3 Å². The topological polar surface area (TPSA) is 99.5 Å². The third-order valence-electron chi connectivity index (χ3n) is 7.12. The van der Waals surface area contributed by atoms with E-state index < -0.39 is 5.82 Å². The maximum absolute atomic E-state index is 13.7. The van der Waals surface area contributed by atoms with Gasteiger partial charge >= 0.3 is 0 Å². The lowest BCUT2D eigenvalue weighted by Gasteiger charge is -2.45. The number of hydrogen-bond acceptors (Lipinski definition) is 6. The summed E-state index contributed by atoms with van der Waals surface area (Å²) >= 11 is 5.74. The van der Waals surface area contributed by atoms with Crippen LogP contribution in [-0.4, -0.2) is 79.0 Å². The van der Waals surface area contributed by atoms with E-state index in [-0.39, 0.29) is 21.9 Å². The third kappa shape index (κ3) is 6.23. The van der Waals surface area contributed by atoms with Crippen LogP contribution < -0.4 is 0 Å². The van der Waals surface area contributed by atoms with E-state index >= 15 is 0 Å². The van der Waals surface area contributed by atoms with Gasteiger partial charge in [0.2, 0.25) is 0 Å². The molecule has 0 atom stereocenters. The van der Waals surface area contributed by atoms with E-state index in [4.69, 9.17) is 11.6 Å². The number of rotatable bonds is 3. The largest absolute Gasteiger partial charge is 0.334 e. The zero-order valence-corrected chi connectivity index (χ0v) is 24.7. The van der Waals surface area contributed by atoms with Crippen molar-refractivity contribution in [1.82, 2.24) is 34.6 Å². The summed E-state index contributed by atoms with van der Waals surface area (Å²) in [6.07, 6.45) is 2.25. The number of benzene rings is 1. The molecule has 0 saturated carbocycles. The van der Waals surface area contributed by atoms with Crippen LogP contribution in [0.2, 0.25) is 5.02 Å². The lowest BCUT2D eigenvalue weighted by molar-refractivity contribution is 0.0307. The molecule has 1 aliphatic heterocycles. The van der Waals surface area contributed by atoms with E-state index in [9.17, 15) is 14.0 Å². The molecule has 0 unspecified atom stereocenters. The van der Waals surface area contributed by atoms with Crippen LogP contribution in [0.5, 0.6) is 0 Å². The average molecular weight is 568 g/mol. The van der Waals surface area contributed by atoms with Gasteiger partial charge in [-0.2, -0.15) is 10.2 Å². The molecule has 0 spiro atoms. The number of piperazine rings is 1. The molecule has 40 heavy (non-hydrogen) atoms. The molecule has 1 N–H and O–H groups in total. The molecule has 0 bridgehead atoms. The van der Waals surface area contributed by atoms with Gasteiger partial charge < -0.3 is 4.90 Å². The first kappa shape index (κ1) is 29.4. The fourth-order valence-corrected chi connectivity index (χ4v) is 4.62. The second kappa shape index (κ2) is 11.1. The smallest absolute Gasteiger partial charge is 0.274 e. The summed E-state index contributed by atoms with van der Waals surface area (Å²) in [4.78, 5) is 31.7. The molecule has 1 saturated heterocycles. The molecule has 1 fully saturated rings. The number of nitrogens with one attached hydrogen (secondary N) is 1. The number of aromatic nitrogens is 5. The maximum atomic E-state index is 13.7. The van der Waals surface area contributed by atoms with E-state index in [0.717, 1.165) is 30.9 Å². The van der Waals surface area contributed by atoms with Gasteiger partial charge in [-0.15, -0.1) is 0 Å². The highest BCUT2D eigenvalue weighted by Crippen LogP contribution is 2.30. The number of carbonyl (C=O) groups excluding carboxylic acids is 2. The summed E-state index contributed by atoms with van der Waals surface area (Å²) in [6.45, 7) is 14.8. The summed E-state index contributed by atoms with van der Waals surface area (Å²) in [5.41, 5.74) is 4.30. The zero-order chi connectivity index (χ0) is 29.4. The molecule has 1 amide bonds. The number of carbonyl (C=O) groups is 2. The van der Waals surface area contributed by atoms with Gasteiger partial charge in [-0.3, -0.25) is 19.6 Å². The first-order chi connectivity index (χ1) is 18.7. The van der Waals surface area contributed by atoms with Crippen molar-refractivity contribution in [3.05, 3.63) is 70.0 Å². The number of aldehydes is 1. The number of aromatic amines is 1. The molecule has 1 aromatic carbocycles. The van der Waals surface area contributed by atoms with Crippen molar-refractivity contribution in [3.63, 3.8) is 0 Å². The van der Waals surface area contributed by atoms with Crippen LogP contribution in [0.15, 0.2) is 36.5 Å². The number of imidazole rings is 1. The summed E-state index contributed by atoms with van der Waals surface area (Å²) in [7, 11) is 2.10. The molecule has 4 heterocycles. The Morgan fingerprint density at radius 1 is 1.18 bits per heavy atom. The number of nitrogens with zero attached hydrogens (tertiary/aromatic N) is 6. The Labute approximate surface area is 238 Å². The first-order valence-electron chi connectivity index (χ1n) is 13.0. The molecule has 11 heteroatoms. The van der Waals surface area contributed by atoms with Crippen LogP contribution >= 0.6 is 11.6 Å². The number of hydrogen-bond donors (Lipinski definition) is 1. The number of amides is 1. The van der Waals surface area contributed by atoms with Gasteiger partial charge in [-0.25, -0.2) is 13.9 Å². The minimum Gasteiger partial charge on any atom is -0.334 e. The lowest BCUT2D eigenvalue weighted by Crippen LogP contribution is -2.58. The zero-order valence-electron chi connectivity index (χ0n) is 23.9. The molecule has 5 rings (SSSR count). The number of H-pyrrole nitrogens is 1. The predicted octanol–water partition coefficient (Wildman–Crippen LogP) is 5.18. The molecule has 0 aliphatic carbocycles. The van der Waals surface area contributed by atoms with Gasteiger partial charge in [0.05, 0.1) is 16.9 Å². The fraction of sp³-hybridized carbons (Fsp3) is 0.414. The second-order valence-corrected chi connectivity index (χ2v) is 12.2. The molecule has 212 valence electrons. The first-order valence-corrected chi connectivity index (χ1v) is 13.4. The molecule has 4 aromatic rings. The maximum Gasteiger partial charge on any atom is 0.274 e. The van der Waals surface area contributed by atoms with E-state index in [1.807, 2.05) is 38.7 Å². The standard InChI is InChI=1S/C17H15ClFN3O.C12H20N4O/c1-17(2,3)12-7-15(10-4-5-13(18)14(19)6-10)21-22-8-11(9-23)20-16(12)22;1-9-7-10(14-13-9)11(17)16-6-5-15(4)12(2,3)8-16/h4-9H,1-3H3;7H,5-6,8H2,1-4H3,(H,13,14). The Bertz CT molecular complexity index is 1550. The van der Waals surface area contributed by atoms with Gasteiger partial charge in [0, 0.05) is 42.0 Å². The molecule has 9 nitrogen and oxygen atoms in total. The Balaban J connectivity index is 0.000000194.